The number of nitrogen functional groups attached to an aromatic ring is 1. The van der Waals surface area contributed by atoms with Gasteiger partial charge in [-0.15, -0.1) is 0 Å². The summed E-state index contributed by atoms with van der Waals surface area (Å²) in [5, 5.41) is 0. The molecule has 194 valence electrons. The molecule has 0 amide bonds. The van der Waals surface area contributed by atoms with Gasteiger partial charge in [0.25, 0.3) is 0 Å². The highest BCUT2D eigenvalue weighted by molar-refractivity contribution is 5.61. The van der Waals surface area contributed by atoms with Crippen molar-refractivity contribution in [1.82, 2.24) is 0 Å². The Hall–Kier alpha value is -4.47. The van der Waals surface area contributed by atoms with Gasteiger partial charge in [0.15, 0.2) is 6.10 Å². The number of anilines is 1. The summed E-state index contributed by atoms with van der Waals surface area (Å²) in [6, 6.07) is 31.4. The van der Waals surface area contributed by atoms with Gasteiger partial charge in [-0.1, -0.05) is 66.7 Å². The maximum atomic E-state index is 6.65. The van der Waals surface area contributed by atoms with Gasteiger partial charge in [0.05, 0.1) is 0 Å². The summed E-state index contributed by atoms with van der Waals surface area (Å²) in [5.74, 6) is 4.85. The van der Waals surface area contributed by atoms with E-state index < -0.39 is 6.10 Å². The lowest BCUT2D eigenvalue weighted by atomic mass is 10.0. The van der Waals surface area contributed by atoms with Gasteiger partial charge in [0, 0.05) is 5.69 Å². The van der Waals surface area contributed by atoms with Crippen LogP contribution in [0.2, 0.25) is 0 Å². The maximum absolute atomic E-state index is 6.65. The Morgan fingerprint density at radius 2 is 1.32 bits per heavy atom. The van der Waals surface area contributed by atoms with E-state index in [0.717, 1.165) is 33.9 Å². The van der Waals surface area contributed by atoms with Crippen LogP contribution in [-0.2, 0) is 6.42 Å². The predicted octanol–water partition coefficient (Wildman–Crippen LogP) is 7.28. The SMILES string of the molecule is C=C=Nc1ccccc1OC(CCc1ccccc1N)C(COc1ccccc1C)Oc1ccccc1C. The molecule has 0 aromatic heterocycles. The summed E-state index contributed by atoms with van der Waals surface area (Å²) in [4.78, 5) is 4.28. The van der Waals surface area contributed by atoms with Gasteiger partial charge in [-0.25, -0.2) is 4.99 Å². The molecule has 5 nitrogen and oxygen atoms in total. The van der Waals surface area contributed by atoms with E-state index in [-0.39, 0.29) is 6.10 Å². The number of rotatable bonds is 12. The molecule has 4 aromatic carbocycles. The smallest absolute Gasteiger partial charge is 0.169 e. The lowest BCUT2D eigenvalue weighted by molar-refractivity contribution is 0.0184. The molecule has 0 bridgehead atoms. The molecule has 0 spiro atoms. The molecule has 0 aliphatic rings. The maximum Gasteiger partial charge on any atom is 0.169 e. The Balaban J connectivity index is 1.68. The molecule has 0 heterocycles. The van der Waals surface area contributed by atoms with E-state index in [1.54, 1.807) is 0 Å². The molecule has 0 fully saturated rings. The molecule has 0 saturated heterocycles. The van der Waals surface area contributed by atoms with Gasteiger partial charge in [0.1, 0.15) is 35.6 Å². The number of aryl methyl sites for hydroxylation is 3. The summed E-state index contributed by atoms with van der Waals surface area (Å²) in [5.41, 5.74) is 10.8. The molecule has 4 aromatic rings. The van der Waals surface area contributed by atoms with Crippen LogP contribution in [-0.4, -0.2) is 24.7 Å². The first-order valence-corrected chi connectivity index (χ1v) is 12.8. The van der Waals surface area contributed by atoms with E-state index in [1.807, 2.05) is 111 Å². The van der Waals surface area contributed by atoms with Gasteiger partial charge < -0.3 is 19.9 Å². The van der Waals surface area contributed by atoms with Crippen LogP contribution in [0, 0.1) is 13.8 Å². The second kappa shape index (κ2) is 13.2. The topological polar surface area (TPSA) is 66.1 Å². The minimum atomic E-state index is -0.429. The molecule has 38 heavy (non-hydrogen) atoms. The number of benzene rings is 4. The molecule has 5 heteroatoms. The van der Waals surface area contributed by atoms with Crippen molar-refractivity contribution >= 4 is 17.2 Å². The van der Waals surface area contributed by atoms with E-state index >= 15 is 0 Å². The van der Waals surface area contributed by atoms with Gasteiger partial charge in [-0.2, -0.15) is 0 Å². The molecule has 2 unspecified atom stereocenters. The zero-order valence-electron chi connectivity index (χ0n) is 22.0. The molecule has 4 rings (SSSR count). The highest BCUT2D eigenvalue weighted by Gasteiger charge is 2.28. The summed E-state index contributed by atoms with van der Waals surface area (Å²) in [6.07, 6.45) is 0.553. The first-order valence-electron chi connectivity index (χ1n) is 12.8. The fourth-order valence-electron chi connectivity index (χ4n) is 4.24. The standard InChI is InChI=1S/C33H34N2O3/c1-4-35-28-17-9-12-20-31(28)38-32(22-21-26-15-7-8-16-27(26)34)33(37-30-19-11-6-14-25(30)3)23-36-29-18-10-5-13-24(29)2/h5-20,32-33H,1,21-23,34H2,2-3H3. The third-order valence-electron chi connectivity index (χ3n) is 6.38. The van der Waals surface area contributed by atoms with Crippen molar-refractivity contribution in [3.8, 4) is 17.2 Å². The van der Waals surface area contributed by atoms with Crippen LogP contribution in [0.5, 0.6) is 17.2 Å². The molecule has 0 radical (unpaired) electrons. The normalized spacial score (nSPS) is 12.2. The fraction of sp³-hybridized carbons (Fsp3) is 0.212. The zero-order chi connectivity index (χ0) is 26.7. The van der Waals surface area contributed by atoms with Crippen LogP contribution in [0.25, 0.3) is 0 Å². The monoisotopic (exact) mass is 506 g/mol. The lowest BCUT2D eigenvalue weighted by Gasteiger charge is -2.30. The molecule has 0 saturated carbocycles. The van der Waals surface area contributed by atoms with Gasteiger partial charge >= 0.3 is 0 Å². The third-order valence-corrected chi connectivity index (χ3v) is 6.38. The molecule has 2 atom stereocenters. The molecule has 2 N–H and O–H groups in total. The number of nitrogens with two attached hydrogens (primary N) is 1. The van der Waals surface area contributed by atoms with Crippen molar-refractivity contribution in [2.45, 2.75) is 38.9 Å². The van der Waals surface area contributed by atoms with E-state index in [0.29, 0.717) is 30.9 Å². The number of hydrogen-bond donors (Lipinski definition) is 1. The van der Waals surface area contributed by atoms with Crippen LogP contribution in [0.15, 0.2) is 109 Å². The number of para-hydroxylation sites is 5. The minimum Gasteiger partial charge on any atom is -0.489 e. The highest BCUT2D eigenvalue weighted by Crippen LogP contribution is 2.31. The highest BCUT2D eigenvalue weighted by atomic mass is 16.6. The zero-order valence-corrected chi connectivity index (χ0v) is 22.0. The van der Waals surface area contributed by atoms with Crippen molar-refractivity contribution in [2.75, 3.05) is 12.3 Å². The summed E-state index contributed by atoms with van der Waals surface area (Å²) >= 11 is 0. The van der Waals surface area contributed by atoms with Crippen molar-refractivity contribution < 1.29 is 14.2 Å². The average molecular weight is 507 g/mol. The number of ether oxygens (including phenoxy) is 3. The number of hydrogen-bond acceptors (Lipinski definition) is 5. The van der Waals surface area contributed by atoms with E-state index in [9.17, 15) is 0 Å². The second-order valence-corrected chi connectivity index (χ2v) is 9.13. The van der Waals surface area contributed by atoms with Gasteiger partial charge in [-0.3, -0.25) is 0 Å². The molecule has 0 aliphatic carbocycles. The number of nitrogens with zero attached hydrogens (tertiary/aromatic N) is 1. The van der Waals surface area contributed by atoms with Gasteiger partial charge in [-0.05, 0) is 86.2 Å². The van der Waals surface area contributed by atoms with Gasteiger partial charge in [0.2, 0.25) is 0 Å². The Labute approximate surface area is 225 Å². The van der Waals surface area contributed by atoms with E-state index in [4.69, 9.17) is 19.9 Å². The average Bonchev–Trinajstić information content (AvgIpc) is 2.93. The van der Waals surface area contributed by atoms with Crippen molar-refractivity contribution in [2.24, 2.45) is 4.99 Å². The second-order valence-electron chi connectivity index (χ2n) is 9.13. The lowest BCUT2D eigenvalue weighted by Crippen LogP contribution is -2.41. The van der Waals surface area contributed by atoms with Crippen LogP contribution in [0.1, 0.15) is 23.1 Å². The predicted molar refractivity (Wildman–Crippen MR) is 155 cm³/mol. The van der Waals surface area contributed by atoms with Crippen molar-refractivity contribution in [3.63, 3.8) is 0 Å². The number of aliphatic imine (C=N–C) groups is 1. The Kier molecular flexibility index (Phi) is 9.22. The van der Waals surface area contributed by atoms with E-state index in [1.165, 1.54) is 0 Å². The Morgan fingerprint density at radius 3 is 2.00 bits per heavy atom. The molecule has 0 aliphatic heterocycles. The molecular weight excluding hydrogens is 472 g/mol. The summed E-state index contributed by atoms with van der Waals surface area (Å²) in [6.45, 7) is 7.98. The minimum absolute atomic E-state index is 0.293. The van der Waals surface area contributed by atoms with Crippen LogP contribution in [0.3, 0.4) is 0 Å². The van der Waals surface area contributed by atoms with Crippen LogP contribution in [0.4, 0.5) is 11.4 Å². The Morgan fingerprint density at radius 1 is 0.737 bits per heavy atom. The first kappa shape index (κ1) is 26.6. The fourth-order valence-corrected chi connectivity index (χ4v) is 4.24. The Bertz CT molecular complexity index is 1390. The quantitative estimate of drug-likeness (QED) is 0.162. The van der Waals surface area contributed by atoms with Crippen LogP contribution < -0.4 is 19.9 Å². The third kappa shape index (κ3) is 7.06. The summed E-state index contributed by atoms with van der Waals surface area (Å²) < 4.78 is 19.6. The van der Waals surface area contributed by atoms with E-state index in [2.05, 4.69) is 17.4 Å². The van der Waals surface area contributed by atoms with Crippen molar-refractivity contribution in [1.29, 1.82) is 0 Å². The first-order chi connectivity index (χ1) is 18.5. The van der Waals surface area contributed by atoms with Crippen LogP contribution >= 0.6 is 0 Å². The largest absolute Gasteiger partial charge is 0.489 e. The molecular formula is C33H34N2O3. The van der Waals surface area contributed by atoms with Crippen molar-refractivity contribution in [3.05, 3.63) is 120 Å². The summed E-state index contributed by atoms with van der Waals surface area (Å²) in [7, 11) is 0.